The van der Waals surface area contributed by atoms with Gasteiger partial charge in [0.1, 0.15) is 0 Å². The molecule has 0 aliphatic heterocycles. The quantitative estimate of drug-likeness (QED) is 0.184. The predicted molar refractivity (Wildman–Crippen MR) is 209 cm³/mol. The minimum Gasteiger partial charge on any atom is -0.336 e. The van der Waals surface area contributed by atoms with Gasteiger partial charge in [0.05, 0.1) is 22.1 Å². The summed E-state index contributed by atoms with van der Waals surface area (Å²) in [5.41, 5.74) is 11.8. The second kappa shape index (κ2) is 11.3. The highest BCUT2D eigenvalue weighted by Gasteiger charge is 2.25. The number of rotatable bonds is 5. The zero-order valence-electron chi connectivity index (χ0n) is 28.0. The Bertz CT molecular complexity index is 2620. The lowest BCUT2D eigenvalue weighted by molar-refractivity contribution is 0.560. The van der Waals surface area contributed by atoms with Crippen LogP contribution in [0.15, 0.2) is 170 Å². The number of para-hydroxylation sites is 4. The average Bonchev–Trinajstić information content (AvgIpc) is 3.64. The fourth-order valence-corrected chi connectivity index (χ4v) is 7.69. The van der Waals surface area contributed by atoms with Crippen LogP contribution >= 0.6 is 0 Å². The summed E-state index contributed by atoms with van der Waals surface area (Å²) in [5.74, 6) is 0. The summed E-state index contributed by atoms with van der Waals surface area (Å²) in [4.78, 5) is 2.46. The molecule has 0 amide bonds. The van der Waals surface area contributed by atoms with Crippen molar-refractivity contribution in [2.45, 2.75) is 26.3 Å². The molecule has 0 aliphatic carbocycles. The van der Waals surface area contributed by atoms with Crippen LogP contribution in [0, 0.1) is 0 Å². The smallest absolute Gasteiger partial charge is 0.0542 e. The van der Waals surface area contributed by atoms with Gasteiger partial charge in [-0.05, 0) is 111 Å². The molecule has 3 heteroatoms. The highest BCUT2D eigenvalue weighted by atomic mass is 15.2. The molecular formula is C46H37N3. The standard InChI is InChI=1S/C46H37N3/c1-46(2,3)49(37-27-29-45-41(31-37)39-19-11-13-21-43(39)48(45)35-16-8-5-9-17-35)36-25-22-32(23-26-36)33-24-28-44-40(30-33)38-18-10-12-20-42(38)47(44)34-14-6-4-7-15-34/h4-31H,1-3H3. The first kappa shape index (κ1) is 29.1. The fourth-order valence-electron chi connectivity index (χ4n) is 7.69. The van der Waals surface area contributed by atoms with Gasteiger partial charge in [0.25, 0.3) is 0 Å². The van der Waals surface area contributed by atoms with Crippen molar-refractivity contribution in [3.8, 4) is 22.5 Å². The molecule has 236 valence electrons. The lowest BCUT2D eigenvalue weighted by atomic mass is 9.99. The van der Waals surface area contributed by atoms with Crippen LogP contribution in [-0.4, -0.2) is 14.7 Å². The highest BCUT2D eigenvalue weighted by molar-refractivity contribution is 6.11. The van der Waals surface area contributed by atoms with Crippen molar-refractivity contribution in [3.05, 3.63) is 170 Å². The molecule has 0 aliphatic rings. The van der Waals surface area contributed by atoms with Crippen LogP contribution in [0.25, 0.3) is 66.1 Å². The van der Waals surface area contributed by atoms with E-state index in [1.54, 1.807) is 0 Å². The summed E-state index contributed by atoms with van der Waals surface area (Å²) < 4.78 is 4.74. The molecule has 0 spiro atoms. The van der Waals surface area contributed by atoms with Crippen LogP contribution in [0.2, 0.25) is 0 Å². The number of hydrogen-bond acceptors (Lipinski definition) is 1. The third-order valence-corrected chi connectivity index (χ3v) is 9.75. The number of nitrogens with zero attached hydrogens (tertiary/aromatic N) is 3. The minimum atomic E-state index is -0.148. The van der Waals surface area contributed by atoms with Crippen LogP contribution in [0.4, 0.5) is 11.4 Å². The molecule has 2 heterocycles. The second-order valence-electron chi connectivity index (χ2n) is 13.9. The Morgan fingerprint density at radius 1 is 0.367 bits per heavy atom. The third kappa shape index (κ3) is 4.81. The summed E-state index contributed by atoms with van der Waals surface area (Å²) in [6, 6.07) is 61.6. The van der Waals surface area contributed by atoms with Gasteiger partial charge in [-0.15, -0.1) is 0 Å². The monoisotopic (exact) mass is 631 g/mol. The molecule has 0 fully saturated rings. The van der Waals surface area contributed by atoms with E-state index in [9.17, 15) is 0 Å². The first-order chi connectivity index (χ1) is 24.0. The van der Waals surface area contributed by atoms with Gasteiger partial charge in [0.15, 0.2) is 0 Å². The predicted octanol–water partition coefficient (Wildman–Crippen LogP) is 12.5. The van der Waals surface area contributed by atoms with Crippen molar-refractivity contribution < 1.29 is 0 Å². The number of aromatic nitrogens is 2. The van der Waals surface area contributed by atoms with E-state index in [4.69, 9.17) is 0 Å². The van der Waals surface area contributed by atoms with Crippen molar-refractivity contribution in [2.24, 2.45) is 0 Å². The van der Waals surface area contributed by atoms with Gasteiger partial charge in [0, 0.05) is 49.8 Å². The molecule has 0 saturated heterocycles. The van der Waals surface area contributed by atoms with Crippen molar-refractivity contribution in [1.82, 2.24) is 9.13 Å². The molecule has 0 saturated carbocycles. The van der Waals surface area contributed by atoms with Crippen molar-refractivity contribution in [1.29, 1.82) is 0 Å². The summed E-state index contributed by atoms with van der Waals surface area (Å²) >= 11 is 0. The summed E-state index contributed by atoms with van der Waals surface area (Å²) in [6.07, 6.45) is 0. The second-order valence-corrected chi connectivity index (χ2v) is 13.9. The number of anilines is 2. The van der Waals surface area contributed by atoms with E-state index >= 15 is 0 Å². The minimum absolute atomic E-state index is 0.148. The summed E-state index contributed by atoms with van der Waals surface area (Å²) in [5, 5.41) is 5.05. The first-order valence-electron chi connectivity index (χ1n) is 17.0. The van der Waals surface area contributed by atoms with Crippen LogP contribution in [-0.2, 0) is 0 Å². The Morgan fingerprint density at radius 3 is 1.35 bits per heavy atom. The van der Waals surface area contributed by atoms with Gasteiger partial charge in [-0.25, -0.2) is 0 Å². The molecule has 49 heavy (non-hydrogen) atoms. The molecule has 0 N–H and O–H groups in total. The number of benzene rings is 7. The Morgan fingerprint density at radius 2 is 0.796 bits per heavy atom. The topological polar surface area (TPSA) is 13.1 Å². The molecule has 7 aromatic carbocycles. The largest absolute Gasteiger partial charge is 0.336 e. The Kier molecular flexibility index (Phi) is 6.70. The van der Waals surface area contributed by atoms with E-state index in [1.165, 1.54) is 77.5 Å². The molecule has 0 radical (unpaired) electrons. The molecule has 9 aromatic rings. The van der Waals surface area contributed by atoms with Gasteiger partial charge in [-0.2, -0.15) is 0 Å². The third-order valence-electron chi connectivity index (χ3n) is 9.75. The van der Waals surface area contributed by atoms with Crippen molar-refractivity contribution in [2.75, 3.05) is 4.90 Å². The molecule has 3 nitrogen and oxygen atoms in total. The SMILES string of the molecule is CC(C)(C)N(c1ccc(-c2ccc3c(c2)c2ccccc2n3-c2ccccc2)cc1)c1ccc2c(c1)c1ccccc1n2-c1ccccc1. The maximum absolute atomic E-state index is 2.46. The number of fused-ring (bicyclic) bond motifs is 6. The molecule has 0 unspecified atom stereocenters. The van der Waals surface area contributed by atoms with Gasteiger partial charge >= 0.3 is 0 Å². The average molecular weight is 632 g/mol. The summed E-state index contributed by atoms with van der Waals surface area (Å²) in [6.45, 7) is 6.86. The van der Waals surface area contributed by atoms with E-state index in [1.807, 2.05) is 0 Å². The van der Waals surface area contributed by atoms with E-state index in [-0.39, 0.29) is 5.54 Å². The van der Waals surface area contributed by atoms with Gasteiger partial charge in [0.2, 0.25) is 0 Å². The van der Waals surface area contributed by atoms with Crippen molar-refractivity contribution >= 4 is 55.0 Å². The highest BCUT2D eigenvalue weighted by Crippen LogP contribution is 2.40. The van der Waals surface area contributed by atoms with Gasteiger partial charge < -0.3 is 14.0 Å². The Labute approximate surface area is 286 Å². The normalized spacial score (nSPS) is 12.0. The van der Waals surface area contributed by atoms with E-state index in [0.717, 1.165) is 0 Å². The molecular weight excluding hydrogens is 595 g/mol. The van der Waals surface area contributed by atoms with E-state index < -0.39 is 0 Å². The van der Waals surface area contributed by atoms with Crippen LogP contribution < -0.4 is 4.90 Å². The van der Waals surface area contributed by atoms with Crippen LogP contribution in [0.1, 0.15) is 20.8 Å². The first-order valence-corrected chi connectivity index (χ1v) is 17.0. The lowest BCUT2D eigenvalue weighted by Crippen LogP contribution is -2.37. The number of hydrogen-bond donors (Lipinski definition) is 0. The molecule has 0 atom stereocenters. The zero-order valence-corrected chi connectivity index (χ0v) is 28.0. The molecule has 2 aromatic heterocycles. The van der Waals surface area contributed by atoms with Gasteiger partial charge in [-0.1, -0.05) is 91.0 Å². The van der Waals surface area contributed by atoms with Crippen LogP contribution in [0.5, 0.6) is 0 Å². The maximum atomic E-state index is 2.46. The zero-order chi connectivity index (χ0) is 33.1. The Hall–Kier alpha value is -6.06. The van der Waals surface area contributed by atoms with E-state index in [0.29, 0.717) is 0 Å². The summed E-state index contributed by atoms with van der Waals surface area (Å²) in [7, 11) is 0. The maximum Gasteiger partial charge on any atom is 0.0542 e. The molecule has 0 bridgehead atoms. The van der Waals surface area contributed by atoms with Crippen LogP contribution in [0.3, 0.4) is 0 Å². The Balaban J connectivity index is 1.13. The van der Waals surface area contributed by atoms with Gasteiger partial charge in [-0.3, -0.25) is 0 Å². The van der Waals surface area contributed by atoms with Crippen molar-refractivity contribution in [3.63, 3.8) is 0 Å². The molecule has 9 rings (SSSR count). The van der Waals surface area contributed by atoms with E-state index in [2.05, 4.69) is 205 Å². The fraction of sp³-hybridized carbons (Fsp3) is 0.0870. The lowest BCUT2D eigenvalue weighted by Gasteiger charge is -2.38.